The van der Waals surface area contributed by atoms with Crippen LogP contribution >= 0.6 is 0 Å². The summed E-state index contributed by atoms with van der Waals surface area (Å²) in [6, 6.07) is 0. The lowest BCUT2D eigenvalue weighted by Crippen LogP contribution is -2.58. The maximum atomic E-state index is 3.72. The zero-order valence-electron chi connectivity index (χ0n) is 9.56. The van der Waals surface area contributed by atoms with Gasteiger partial charge in [-0.2, -0.15) is 0 Å². The molecule has 0 aliphatic carbocycles. The lowest BCUT2D eigenvalue weighted by Gasteiger charge is -2.43. The Hall–Kier alpha value is -0.0800. The number of nitrogens with one attached hydrogen (secondary N) is 1. The van der Waals surface area contributed by atoms with Crippen molar-refractivity contribution in [2.45, 2.75) is 38.6 Å². The van der Waals surface area contributed by atoms with Crippen molar-refractivity contribution in [2.75, 3.05) is 27.2 Å². The maximum Gasteiger partial charge on any atom is 0.0331 e. The first-order valence-electron chi connectivity index (χ1n) is 5.46. The molecule has 1 rings (SSSR count). The molecule has 1 atom stereocenters. The molecule has 1 aliphatic rings. The number of nitrogens with zero attached hydrogens (tertiary/aromatic N) is 1. The summed E-state index contributed by atoms with van der Waals surface area (Å²) >= 11 is 0. The molecule has 0 aromatic carbocycles. The predicted molar refractivity (Wildman–Crippen MR) is 58.0 cm³/mol. The molecule has 1 fully saturated rings. The standard InChI is InChI=1S/C11H24N2/c1-10(2)11(9-13(3)4)7-5-6-8-12-11/h10,12H,5-9H2,1-4H3. The van der Waals surface area contributed by atoms with Crippen LogP contribution in [0.5, 0.6) is 0 Å². The highest BCUT2D eigenvalue weighted by Gasteiger charge is 2.34. The molecular formula is C11H24N2. The first-order chi connectivity index (χ1) is 6.07. The van der Waals surface area contributed by atoms with Crippen molar-refractivity contribution in [1.29, 1.82) is 0 Å². The molecular weight excluding hydrogens is 160 g/mol. The molecule has 0 aromatic rings. The molecule has 0 bridgehead atoms. The Balaban J connectivity index is 2.61. The van der Waals surface area contributed by atoms with Crippen LogP contribution in [0.4, 0.5) is 0 Å². The summed E-state index contributed by atoms with van der Waals surface area (Å²) in [6.45, 7) is 7.04. The van der Waals surface area contributed by atoms with Crippen LogP contribution in [0, 0.1) is 5.92 Å². The van der Waals surface area contributed by atoms with Crippen molar-refractivity contribution in [1.82, 2.24) is 10.2 Å². The summed E-state index contributed by atoms with van der Waals surface area (Å²) in [5.41, 5.74) is 0.377. The van der Waals surface area contributed by atoms with Crippen LogP contribution in [-0.2, 0) is 0 Å². The fourth-order valence-electron chi connectivity index (χ4n) is 2.37. The highest BCUT2D eigenvalue weighted by atomic mass is 15.1. The molecule has 78 valence electrons. The SMILES string of the molecule is CC(C)C1(CN(C)C)CCCCN1. The van der Waals surface area contributed by atoms with Crippen LogP contribution in [0.1, 0.15) is 33.1 Å². The minimum atomic E-state index is 0.377. The first kappa shape index (κ1) is 11.0. The van der Waals surface area contributed by atoms with Crippen LogP contribution in [-0.4, -0.2) is 37.6 Å². The zero-order chi connectivity index (χ0) is 9.90. The second-order valence-corrected chi connectivity index (χ2v) is 4.93. The summed E-state index contributed by atoms with van der Waals surface area (Å²) in [4.78, 5) is 2.30. The summed E-state index contributed by atoms with van der Waals surface area (Å²) in [5, 5.41) is 3.72. The van der Waals surface area contributed by atoms with Gasteiger partial charge in [0.15, 0.2) is 0 Å². The third kappa shape index (κ3) is 2.68. The lowest BCUT2D eigenvalue weighted by molar-refractivity contribution is 0.137. The van der Waals surface area contributed by atoms with Gasteiger partial charge < -0.3 is 10.2 Å². The highest BCUT2D eigenvalue weighted by molar-refractivity contribution is 4.95. The van der Waals surface area contributed by atoms with Gasteiger partial charge in [0.05, 0.1) is 0 Å². The maximum absolute atomic E-state index is 3.72. The summed E-state index contributed by atoms with van der Waals surface area (Å²) in [5.74, 6) is 0.732. The van der Waals surface area contributed by atoms with E-state index in [1.54, 1.807) is 0 Å². The number of piperidine rings is 1. The van der Waals surface area contributed by atoms with E-state index in [2.05, 4.69) is 38.2 Å². The lowest BCUT2D eigenvalue weighted by atomic mass is 9.79. The number of rotatable bonds is 3. The molecule has 1 unspecified atom stereocenters. The van der Waals surface area contributed by atoms with Gasteiger partial charge in [-0.05, 0) is 39.4 Å². The molecule has 1 heterocycles. The van der Waals surface area contributed by atoms with Gasteiger partial charge in [-0.1, -0.05) is 20.3 Å². The first-order valence-corrected chi connectivity index (χ1v) is 5.46. The smallest absolute Gasteiger partial charge is 0.0331 e. The molecule has 1 N–H and O–H groups in total. The van der Waals surface area contributed by atoms with Crippen LogP contribution in [0.3, 0.4) is 0 Å². The monoisotopic (exact) mass is 184 g/mol. The molecule has 13 heavy (non-hydrogen) atoms. The Morgan fingerprint density at radius 2 is 2.00 bits per heavy atom. The van der Waals surface area contributed by atoms with Crippen molar-refractivity contribution < 1.29 is 0 Å². The van der Waals surface area contributed by atoms with Gasteiger partial charge in [0, 0.05) is 12.1 Å². The van der Waals surface area contributed by atoms with Gasteiger partial charge >= 0.3 is 0 Å². The Kier molecular flexibility index (Phi) is 3.74. The number of likely N-dealkylation sites (N-methyl/N-ethyl adjacent to an activating group) is 1. The van der Waals surface area contributed by atoms with E-state index in [1.807, 2.05) is 0 Å². The molecule has 1 aliphatic heterocycles. The van der Waals surface area contributed by atoms with Gasteiger partial charge in [-0.25, -0.2) is 0 Å². The van der Waals surface area contributed by atoms with Crippen LogP contribution < -0.4 is 5.32 Å². The van der Waals surface area contributed by atoms with Gasteiger partial charge in [0.1, 0.15) is 0 Å². The van der Waals surface area contributed by atoms with E-state index >= 15 is 0 Å². The minimum Gasteiger partial charge on any atom is -0.310 e. The van der Waals surface area contributed by atoms with Crippen LogP contribution in [0.2, 0.25) is 0 Å². The van der Waals surface area contributed by atoms with Crippen LogP contribution in [0.25, 0.3) is 0 Å². The molecule has 0 amide bonds. The molecule has 1 saturated heterocycles. The summed E-state index contributed by atoms with van der Waals surface area (Å²) in [7, 11) is 4.33. The van der Waals surface area contributed by atoms with E-state index < -0.39 is 0 Å². The van der Waals surface area contributed by atoms with Gasteiger partial charge in [0.25, 0.3) is 0 Å². The van der Waals surface area contributed by atoms with Crippen molar-refractivity contribution >= 4 is 0 Å². The van der Waals surface area contributed by atoms with E-state index in [1.165, 1.54) is 32.4 Å². The average Bonchev–Trinajstić information content (AvgIpc) is 2.04. The minimum absolute atomic E-state index is 0.377. The highest BCUT2D eigenvalue weighted by Crippen LogP contribution is 2.27. The van der Waals surface area contributed by atoms with Crippen LogP contribution in [0.15, 0.2) is 0 Å². The molecule has 2 nitrogen and oxygen atoms in total. The predicted octanol–water partition coefficient (Wildman–Crippen LogP) is 1.72. The van der Waals surface area contributed by atoms with E-state index in [0.717, 1.165) is 5.92 Å². The van der Waals surface area contributed by atoms with E-state index in [0.29, 0.717) is 5.54 Å². The normalized spacial score (nSPS) is 30.0. The second-order valence-electron chi connectivity index (χ2n) is 4.93. The second kappa shape index (κ2) is 4.43. The molecule has 0 spiro atoms. The quantitative estimate of drug-likeness (QED) is 0.718. The largest absolute Gasteiger partial charge is 0.310 e. The van der Waals surface area contributed by atoms with Gasteiger partial charge in [0.2, 0.25) is 0 Å². The zero-order valence-corrected chi connectivity index (χ0v) is 9.56. The van der Waals surface area contributed by atoms with Crippen molar-refractivity contribution in [3.05, 3.63) is 0 Å². The molecule has 0 aromatic heterocycles. The third-order valence-corrected chi connectivity index (χ3v) is 3.23. The van der Waals surface area contributed by atoms with Crippen molar-refractivity contribution in [3.8, 4) is 0 Å². The van der Waals surface area contributed by atoms with Gasteiger partial charge in [-0.3, -0.25) is 0 Å². The van der Waals surface area contributed by atoms with E-state index in [-0.39, 0.29) is 0 Å². The Morgan fingerprint density at radius 1 is 1.31 bits per heavy atom. The molecule has 0 radical (unpaired) electrons. The van der Waals surface area contributed by atoms with Crippen molar-refractivity contribution in [2.24, 2.45) is 5.92 Å². The Labute approximate surface area is 82.7 Å². The topological polar surface area (TPSA) is 15.3 Å². The fraction of sp³-hybridized carbons (Fsp3) is 1.00. The summed E-state index contributed by atoms with van der Waals surface area (Å²) in [6.07, 6.45) is 4.07. The summed E-state index contributed by atoms with van der Waals surface area (Å²) < 4.78 is 0. The third-order valence-electron chi connectivity index (χ3n) is 3.23. The fourth-order valence-corrected chi connectivity index (χ4v) is 2.37. The molecule has 0 saturated carbocycles. The number of hydrogen-bond donors (Lipinski definition) is 1. The van der Waals surface area contributed by atoms with Crippen molar-refractivity contribution in [3.63, 3.8) is 0 Å². The number of hydrogen-bond acceptors (Lipinski definition) is 2. The van der Waals surface area contributed by atoms with Gasteiger partial charge in [-0.15, -0.1) is 0 Å². The van der Waals surface area contributed by atoms with E-state index in [4.69, 9.17) is 0 Å². The molecule has 2 heteroatoms. The van der Waals surface area contributed by atoms with E-state index in [9.17, 15) is 0 Å². The Bertz CT molecular complexity index is 146. The average molecular weight is 184 g/mol. The Morgan fingerprint density at radius 3 is 2.38 bits per heavy atom.